The van der Waals surface area contributed by atoms with Crippen LogP contribution in [0.5, 0.6) is 11.5 Å². The number of nitrogens with zero attached hydrogens (tertiary/aromatic N) is 1. The van der Waals surface area contributed by atoms with E-state index in [1.54, 1.807) is 6.07 Å². The molecule has 0 saturated heterocycles. The van der Waals surface area contributed by atoms with Crippen LogP contribution >= 0.6 is 0 Å². The molecule has 0 spiro atoms. The first-order valence-corrected chi connectivity index (χ1v) is 9.51. The van der Waals surface area contributed by atoms with E-state index in [1.165, 1.54) is 0 Å². The highest BCUT2D eigenvalue weighted by Crippen LogP contribution is 2.42. The summed E-state index contributed by atoms with van der Waals surface area (Å²) in [5.41, 5.74) is 11.1. The molecule has 4 rings (SSSR count). The average Bonchev–Trinajstić information content (AvgIpc) is 3.23. The minimum Gasteiger partial charge on any atom is -0.507 e. The molecule has 2 aromatic heterocycles. The summed E-state index contributed by atoms with van der Waals surface area (Å²) in [7, 11) is 4.05. The minimum atomic E-state index is 0.236. The van der Waals surface area contributed by atoms with Crippen LogP contribution in [0.15, 0.2) is 36.5 Å². The maximum absolute atomic E-state index is 11.1. The van der Waals surface area contributed by atoms with Gasteiger partial charge in [-0.15, -0.1) is 0 Å². The van der Waals surface area contributed by atoms with Gasteiger partial charge in [0.15, 0.2) is 0 Å². The number of H-pyrrole nitrogens is 2. The lowest BCUT2D eigenvalue weighted by Crippen LogP contribution is -2.15. The van der Waals surface area contributed by atoms with Gasteiger partial charge in [-0.05, 0) is 68.9 Å². The maximum atomic E-state index is 11.1. The summed E-state index contributed by atoms with van der Waals surface area (Å²) in [4.78, 5) is 8.74. The molecule has 0 aliphatic rings. The largest absolute Gasteiger partial charge is 0.507 e. The Bertz CT molecular complexity index is 1140. The van der Waals surface area contributed by atoms with Gasteiger partial charge in [0.1, 0.15) is 11.5 Å². The second kappa shape index (κ2) is 7.22. The monoisotopic (exact) mass is 378 g/mol. The molecule has 6 nitrogen and oxygen atoms in total. The van der Waals surface area contributed by atoms with E-state index < -0.39 is 0 Å². The van der Waals surface area contributed by atoms with Crippen molar-refractivity contribution >= 4 is 21.8 Å². The van der Waals surface area contributed by atoms with Crippen LogP contribution < -0.4 is 5.73 Å². The van der Waals surface area contributed by atoms with Crippen molar-refractivity contribution in [3.05, 3.63) is 47.7 Å². The SMILES string of the molecule is CN(C)CCc1c(-c2ccc3[nH]cc(CCN)c3c2O)[nH]c2cccc(O)c12. The van der Waals surface area contributed by atoms with E-state index in [0.717, 1.165) is 57.2 Å². The zero-order valence-corrected chi connectivity index (χ0v) is 16.2. The lowest BCUT2D eigenvalue weighted by molar-refractivity contribution is 0.414. The number of aromatic hydroxyl groups is 2. The van der Waals surface area contributed by atoms with Gasteiger partial charge in [0.25, 0.3) is 0 Å². The molecule has 0 aliphatic carbocycles. The Hall–Kier alpha value is -2.96. The van der Waals surface area contributed by atoms with Gasteiger partial charge in [0.2, 0.25) is 0 Å². The number of aromatic amines is 2. The molecular weight excluding hydrogens is 352 g/mol. The highest BCUT2D eigenvalue weighted by molar-refractivity contribution is 6.00. The topological polar surface area (TPSA) is 101 Å². The highest BCUT2D eigenvalue weighted by atomic mass is 16.3. The summed E-state index contributed by atoms with van der Waals surface area (Å²) >= 11 is 0. The smallest absolute Gasteiger partial charge is 0.134 e. The third-order valence-corrected chi connectivity index (χ3v) is 5.30. The Balaban J connectivity index is 1.96. The van der Waals surface area contributed by atoms with Crippen LogP contribution in [0.1, 0.15) is 11.1 Å². The van der Waals surface area contributed by atoms with Crippen molar-refractivity contribution in [1.29, 1.82) is 0 Å². The van der Waals surface area contributed by atoms with E-state index in [4.69, 9.17) is 5.73 Å². The Morgan fingerprint density at radius 1 is 1.00 bits per heavy atom. The van der Waals surface area contributed by atoms with Crippen LogP contribution in [0.25, 0.3) is 33.1 Å². The molecule has 0 aliphatic heterocycles. The first-order chi connectivity index (χ1) is 13.5. The normalized spacial score (nSPS) is 11.9. The van der Waals surface area contributed by atoms with E-state index in [9.17, 15) is 10.2 Å². The number of nitrogens with one attached hydrogen (secondary N) is 2. The number of rotatable bonds is 6. The number of hydrogen-bond acceptors (Lipinski definition) is 4. The number of likely N-dealkylation sites (N-methyl/N-ethyl adjacent to an activating group) is 1. The zero-order valence-electron chi connectivity index (χ0n) is 16.2. The van der Waals surface area contributed by atoms with Crippen molar-refractivity contribution in [2.24, 2.45) is 5.73 Å². The number of phenolic OH excluding ortho intramolecular Hbond substituents is 2. The van der Waals surface area contributed by atoms with Gasteiger partial charge in [-0.2, -0.15) is 0 Å². The minimum absolute atomic E-state index is 0.236. The molecule has 6 heteroatoms. The zero-order chi connectivity index (χ0) is 19.8. The quantitative estimate of drug-likeness (QED) is 0.355. The van der Waals surface area contributed by atoms with Gasteiger partial charge in [-0.25, -0.2) is 0 Å². The van der Waals surface area contributed by atoms with Gasteiger partial charge in [-0.1, -0.05) is 6.07 Å². The second-order valence-corrected chi connectivity index (χ2v) is 7.47. The molecule has 28 heavy (non-hydrogen) atoms. The highest BCUT2D eigenvalue weighted by Gasteiger charge is 2.20. The first-order valence-electron chi connectivity index (χ1n) is 9.51. The fourth-order valence-electron chi connectivity index (χ4n) is 3.94. The number of hydrogen-bond donors (Lipinski definition) is 5. The molecular formula is C22H26N4O2. The third-order valence-electron chi connectivity index (χ3n) is 5.30. The van der Waals surface area contributed by atoms with E-state index in [-0.39, 0.29) is 11.5 Å². The van der Waals surface area contributed by atoms with Crippen LogP contribution in [-0.2, 0) is 12.8 Å². The number of benzene rings is 2. The molecule has 0 amide bonds. The third kappa shape index (κ3) is 3.00. The number of nitrogens with two attached hydrogens (primary N) is 1. The number of phenols is 2. The fraction of sp³-hybridized carbons (Fsp3) is 0.273. The summed E-state index contributed by atoms with van der Waals surface area (Å²) < 4.78 is 0. The van der Waals surface area contributed by atoms with Crippen LogP contribution in [0.3, 0.4) is 0 Å². The average molecular weight is 378 g/mol. The van der Waals surface area contributed by atoms with Crippen molar-refractivity contribution in [2.45, 2.75) is 12.8 Å². The van der Waals surface area contributed by atoms with Gasteiger partial charge in [-0.3, -0.25) is 0 Å². The van der Waals surface area contributed by atoms with Crippen LogP contribution in [0.2, 0.25) is 0 Å². The van der Waals surface area contributed by atoms with E-state index in [2.05, 4.69) is 14.9 Å². The summed E-state index contributed by atoms with van der Waals surface area (Å²) in [6.45, 7) is 1.35. The van der Waals surface area contributed by atoms with Crippen LogP contribution in [-0.4, -0.2) is 52.3 Å². The van der Waals surface area contributed by atoms with E-state index >= 15 is 0 Å². The molecule has 0 fully saturated rings. The number of fused-ring (bicyclic) bond motifs is 2. The number of aromatic nitrogens is 2. The van der Waals surface area contributed by atoms with Crippen molar-refractivity contribution in [3.63, 3.8) is 0 Å². The first kappa shape index (κ1) is 18.4. The second-order valence-electron chi connectivity index (χ2n) is 7.47. The molecule has 0 radical (unpaired) electrons. The fourth-order valence-corrected chi connectivity index (χ4v) is 3.94. The maximum Gasteiger partial charge on any atom is 0.134 e. The standard InChI is InChI=1S/C22H26N4O2/c1-26(2)11-9-14-20-17(4-3-5-18(20)27)25-21(14)15-6-7-16-19(22(15)28)13(8-10-23)12-24-16/h3-7,12,24-25,27-28H,8-11,23H2,1-2H3. The van der Waals surface area contributed by atoms with Gasteiger partial charge in [0, 0.05) is 40.1 Å². The lowest BCUT2D eigenvalue weighted by Gasteiger charge is -2.12. The molecule has 6 N–H and O–H groups in total. The van der Waals surface area contributed by atoms with Crippen LogP contribution in [0, 0.1) is 0 Å². The molecule has 0 unspecified atom stereocenters. The van der Waals surface area contributed by atoms with Crippen molar-refractivity contribution in [3.8, 4) is 22.8 Å². The molecule has 0 saturated carbocycles. The Labute approximate surface area is 163 Å². The van der Waals surface area contributed by atoms with E-state index in [1.807, 2.05) is 44.6 Å². The van der Waals surface area contributed by atoms with Gasteiger partial charge < -0.3 is 30.8 Å². The summed E-state index contributed by atoms with van der Waals surface area (Å²) in [6, 6.07) is 9.37. The van der Waals surface area contributed by atoms with E-state index in [0.29, 0.717) is 13.0 Å². The molecule has 146 valence electrons. The summed E-state index contributed by atoms with van der Waals surface area (Å²) in [5, 5.41) is 23.3. The van der Waals surface area contributed by atoms with Crippen molar-refractivity contribution < 1.29 is 10.2 Å². The van der Waals surface area contributed by atoms with Crippen molar-refractivity contribution in [2.75, 3.05) is 27.2 Å². The Kier molecular flexibility index (Phi) is 4.75. The summed E-state index contributed by atoms with van der Waals surface area (Å²) in [5.74, 6) is 0.485. The molecule has 0 bridgehead atoms. The molecule has 2 heterocycles. The van der Waals surface area contributed by atoms with Crippen LogP contribution in [0.4, 0.5) is 0 Å². The predicted molar refractivity (Wildman–Crippen MR) is 114 cm³/mol. The Morgan fingerprint density at radius 3 is 2.57 bits per heavy atom. The Morgan fingerprint density at radius 2 is 1.82 bits per heavy atom. The predicted octanol–water partition coefficient (Wildman–Crippen LogP) is 3.33. The molecule has 2 aromatic carbocycles. The van der Waals surface area contributed by atoms with Crippen molar-refractivity contribution in [1.82, 2.24) is 14.9 Å². The van der Waals surface area contributed by atoms with Gasteiger partial charge in [0.05, 0.1) is 5.69 Å². The van der Waals surface area contributed by atoms with Gasteiger partial charge >= 0.3 is 0 Å². The molecule has 4 aromatic rings. The summed E-state index contributed by atoms with van der Waals surface area (Å²) in [6.07, 6.45) is 3.35. The molecule has 0 atom stereocenters. The lowest BCUT2D eigenvalue weighted by atomic mass is 9.98.